The van der Waals surface area contributed by atoms with Gasteiger partial charge < -0.3 is 55.4 Å². The smallest absolute Gasteiger partial charge is 0.190 e. The highest BCUT2D eigenvalue weighted by molar-refractivity contribution is 6.19. The number of rotatable bonds is 3. The summed E-state index contributed by atoms with van der Waals surface area (Å²) in [5.74, 6) is 0. The standard InChI is InChI=1S/C12H21ClO11/c13-9(19)6-5(16)7(17)11(21,2-23-6)12(22)8(18)4(15)3(1-14)24-10(12)20/h3-10,14-22H,1-2H2/t3-,4-,5-,6+,7+,8+,9?,10+,11-,12-/m1/s1. The van der Waals surface area contributed by atoms with Crippen molar-refractivity contribution in [1.82, 2.24) is 0 Å². The van der Waals surface area contributed by atoms with Crippen molar-refractivity contribution in [2.75, 3.05) is 13.2 Å². The Hall–Kier alpha value is -0.150. The summed E-state index contributed by atoms with van der Waals surface area (Å²) >= 11 is 5.37. The average Bonchev–Trinajstić information content (AvgIpc) is 2.53. The van der Waals surface area contributed by atoms with Crippen LogP contribution < -0.4 is 0 Å². The van der Waals surface area contributed by atoms with E-state index in [1.807, 2.05) is 0 Å². The molecule has 2 saturated heterocycles. The van der Waals surface area contributed by atoms with Crippen LogP contribution in [0.25, 0.3) is 0 Å². The van der Waals surface area contributed by atoms with Gasteiger partial charge in [0.05, 0.1) is 13.2 Å². The third-order valence-electron chi connectivity index (χ3n) is 4.63. The quantitative estimate of drug-likeness (QED) is 0.213. The zero-order chi connectivity index (χ0) is 18.4. The van der Waals surface area contributed by atoms with E-state index in [9.17, 15) is 40.9 Å². The third kappa shape index (κ3) is 2.74. The molecule has 0 saturated carbocycles. The van der Waals surface area contributed by atoms with Gasteiger partial charge in [-0.25, -0.2) is 0 Å². The highest BCUT2D eigenvalue weighted by atomic mass is 35.5. The van der Waals surface area contributed by atoms with E-state index in [2.05, 4.69) is 0 Å². The number of hydrogen-bond acceptors (Lipinski definition) is 11. The van der Waals surface area contributed by atoms with Crippen molar-refractivity contribution in [1.29, 1.82) is 0 Å². The second kappa shape index (κ2) is 6.87. The van der Waals surface area contributed by atoms with Gasteiger partial charge in [0, 0.05) is 0 Å². The van der Waals surface area contributed by atoms with Gasteiger partial charge in [-0.1, -0.05) is 11.6 Å². The average molecular weight is 377 g/mol. The molecule has 2 fully saturated rings. The van der Waals surface area contributed by atoms with Crippen molar-refractivity contribution in [3.8, 4) is 0 Å². The molecule has 10 atom stereocenters. The van der Waals surface area contributed by atoms with Crippen LogP contribution in [0, 0.1) is 0 Å². The molecular weight excluding hydrogens is 356 g/mol. The minimum atomic E-state index is -3.10. The maximum absolute atomic E-state index is 10.6. The molecule has 9 N–H and O–H groups in total. The molecule has 0 radical (unpaired) electrons. The molecule has 2 aliphatic rings. The Morgan fingerprint density at radius 3 is 2.12 bits per heavy atom. The highest BCUT2D eigenvalue weighted by Gasteiger charge is 2.70. The van der Waals surface area contributed by atoms with Crippen LogP contribution in [-0.2, 0) is 9.47 Å². The fraction of sp³-hybridized carbons (Fsp3) is 1.00. The van der Waals surface area contributed by atoms with Crippen LogP contribution in [0.15, 0.2) is 0 Å². The summed E-state index contributed by atoms with van der Waals surface area (Å²) in [6.45, 7) is -1.80. The summed E-state index contributed by atoms with van der Waals surface area (Å²) in [5, 5.41) is 89.6. The summed E-state index contributed by atoms with van der Waals surface area (Å²) in [6, 6.07) is 0. The van der Waals surface area contributed by atoms with E-state index in [-0.39, 0.29) is 0 Å². The molecule has 142 valence electrons. The van der Waals surface area contributed by atoms with Gasteiger partial charge in [-0.15, -0.1) is 0 Å². The van der Waals surface area contributed by atoms with Crippen molar-refractivity contribution in [3.05, 3.63) is 0 Å². The first-order chi connectivity index (χ1) is 11.0. The van der Waals surface area contributed by atoms with E-state index < -0.39 is 72.9 Å². The largest absolute Gasteiger partial charge is 0.394 e. The summed E-state index contributed by atoms with van der Waals surface area (Å²) in [5.41, 5.74) is -7.76. The van der Waals surface area contributed by atoms with E-state index >= 15 is 0 Å². The van der Waals surface area contributed by atoms with Gasteiger partial charge in [-0.3, -0.25) is 0 Å². The lowest BCUT2D eigenvalue weighted by atomic mass is 9.68. The minimum absolute atomic E-state index is 0.814. The lowest BCUT2D eigenvalue weighted by Crippen LogP contribution is -2.82. The zero-order valence-electron chi connectivity index (χ0n) is 12.3. The van der Waals surface area contributed by atoms with E-state index in [1.54, 1.807) is 0 Å². The lowest BCUT2D eigenvalue weighted by molar-refractivity contribution is -0.400. The second-order valence-electron chi connectivity index (χ2n) is 5.98. The predicted octanol–water partition coefficient (Wildman–Crippen LogP) is -5.44. The monoisotopic (exact) mass is 376 g/mol. The number of aliphatic hydroxyl groups excluding tert-OH is 7. The molecule has 0 spiro atoms. The summed E-state index contributed by atoms with van der Waals surface area (Å²) in [6.07, 6.45) is -13.8. The molecule has 2 heterocycles. The molecule has 2 rings (SSSR count). The maximum Gasteiger partial charge on any atom is 0.190 e. The van der Waals surface area contributed by atoms with E-state index in [0.717, 1.165) is 0 Å². The predicted molar refractivity (Wildman–Crippen MR) is 73.5 cm³/mol. The molecule has 0 aromatic carbocycles. The molecule has 0 amide bonds. The van der Waals surface area contributed by atoms with Gasteiger partial charge in [-0.05, 0) is 0 Å². The summed E-state index contributed by atoms with van der Waals surface area (Å²) in [7, 11) is 0. The van der Waals surface area contributed by atoms with E-state index in [4.69, 9.17) is 26.2 Å². The summed E-state index contributed by atoms with van der Waals surface area (Å²) < 4.78 is 9.70. The second-order valence-corrected chi connectivity index (χ2v) is 6.43. The number of halogens is 1. The van der Waals surface area contributed by atoms with E-state index in [0.29, 0.717) is 0 Å². The van der Waals surface area contributed by atoms with Crippen LogP contribution in [0.3, 0.4) is 0 Å². The number of ether oxygens (including phenoxy) is 2. The fourth-order valence-corrected chi connectivity index (χ4v) is 3.27. The topological polar surface area (TPSA) is 201 Å². The zero-order valence-corrected chi connectivity index (χ0v) is 13.0. The van der Waals surface area contributed by atoms with Crippen LogP contribution in [0.1, 0.15) is 0 Å². The molecular formula is C12H21ClO11. The van der Waals surface area contributed by atoms with Crippen molar-refractivity contribution in [3.63, 3.8) is 0 Å². The normalized spacial score (nSPS) is 54.5. The molecule has 1 unspecified atom stereocenters. The van der Waals surface area contributed by atoms with Gasteiger partial charge in [-0.2, -0.15) is 0 Å². The van der Waals surface area contributed by atoms with Crippen molar-refractivity contribution in [2.24, 2.45) is 0 Å². The van der Waals surface area contributed by atoms with Crippen molar-refractivity contribution < 1.29 is 55.4 Å². The van der Waals surface area contributed by atoms with E-state index in [1.165, 1.54) is 0 Å². The molecule has 0 aromatic heterocycles. The minimum Gasteiger partial charge on any atom is -0.394 e. The first-order valence-electron chi connectivity index (χ1n) is 7.07. The fourth-order valence-electron chi connectivity index (χ4n) is 3.04. The van der Waals surface area contributed by atoms with Crippen LogP contribution in [-0.4, -0.2) is 119 Å². The Kier molecular flexibility index (Phi) is 5.77. The van der Waals surface area contributed by atoms with Gasteiger partial charge in [0.1, 0.15) is 36.6 Å². The SMILES string of the molecule is OC[C@H]1O[C@H](O)[C@@](O)([C@@]2(O)CO[C@H](C(O)Cl)[C@@H](O)[C@@H]2O)[C@@H](O)[C@@H]1O. The summed E-state index contributed by atoms with van der Waals surface area (Å²) in [4.78, 5) is 0. The first-order valence-corrected chi connectivity index (χ1v) is 7.51. The maximum atomic E-state index is 10.6. The van der Waals surface area contributed by atoms with Gasteiger partial charge in [0.15, 0.2) is 23.1 Å². The molecule has 0 aromatic rings. The Bertz CT molecular complexity index is 453. The highest BCUT2D eigenvalue weighted by Crippen LogP contribution is 2.42. The Morgan fingerprint density at radius 1 is 1.04 bits per heavy atom. The molecule has 12 heteroatoms. The third-order valence-corrected chi connectivity index (χ3v) is 4.87. The Labute approximate surface area is 140 Å². The Morgan fingerprint density at radius 2 is 1.62 bits per heavy atom. The first kappa shape index (κ1) is 20.2. The number of aliphatic hydroxyl groups is 9. The lowest BCUT2D eigenvalue weighted by Gasteiger charge is -2.57. The van der Waals surface area contributed by atoms with Crippen LogP contribution in [0.2, 0.25) is 0 Å². The Balaban J connectivity index is 2.37. The molecule has 0 aliphatic carbocycles. The number of hydrogen-bond donors (Lipinski definition) is 9. The van der Waals surface area contributed by atoms with Gasteiger partial charge >= 0.3 is 0 Å². The van der Waals surface area contributed by atoms with Crippen LogP contribution in [0.5, 0.6) is 0 Å². The van der Waals surface area contributed by atoms with Crippen LogP contribution >= 0.6 is 11.6 Å². The van der Waals surface area contributed by atoms with Crippen LogP contribution in [0.4, 0.5) is 0 Å². The van der Waals surface area contributed by atoms with Gasteiger partial charge in [0.2, 0.25) is 0 Å². The van der Waals surface area contributed by atoms with Gasteiger partial charge in [0.25, 0.3) is 0 Å². The van der Waals surface area contributed by atoms with Crippen molar-refractivity contribution >= 4 is 11.6 Å². The molecule has 11 nitrogen and oxygen atoms in total. The van der Waals surface area contributed by atoms with Crippen molar-refractivity contribution in [2.45, 2.75) is 59.7 Å². The molecule has 0 bridgehead atoms. The number of alkyl halides is 1. The molecule has 2 aliphatic heterocycles. The molecule has 24 heavy (non-hydrogen) atoms.